The van der Waals surface area contributed by atoms with Crippen LogP contribution in [0.2, 0.25) is 0 Å². The van der Waals surface area contributed by atoms with Gasteiger partial charge in [-0.1, -0.05) is 0 Å². The minimum absolute atomic E-state index is 0.00453. The van der Waals surface area contributed by atoms with Crippen molar-refractivity contribution in [2.45, 2.75) is 52.1 Å². The molecular weight excluding hydrogens is 358 g/mol. The smallest absolute Gasteiger partial charge is 0.410 e. The second kappa shape index (κ2) is 8.02. The van der Waals surface area contributed by atoms with E-state index < -0.39 is 5.60 Å². The zero-order valence-electron chi connectivity index (χ0n) is 17.5. The number of rotatable bonds is 4. The number of methoxy groups -OCH3 is 2. The van der Waals surface area contributed by atoms with Crippen LogP contribution in [-0.2, 0) is 11.2 Å². The topological polar surface area (TPSA) is 65.1 Å². The van der Waals surface area contributed by atoms with Gasteiger partial charge in [-0.3, -0.25) is 4.79 Å². The third-order valence-corrected chi connectivity index (χ3v) is 5.60. The summed E-state index contributed by atoms with van der Waals surface area (Å²) in [7, 11) is 3.19. The number of carbonyl (C=O) groups excluding carboxylic acids is 2. The molecule has 3 rings (SSSR count). The Morgan fingerprint density at radius 3 is 2.29 bits per heavy atom. The zero-order chi connectivity index (χ0) is 20.5. The van der Waals surface area contributed by atoms with Gasteiger partial charge < -0.3 is 19.1 Å². The number of amides is 1. The molecule has 6 nitrogen and oxygen atoms in total. The standard InChI is InChI=1S/C22H31NO5/c1-22(2,3)28-21(25)23-8-6-14(7-9-23)10-16-11-15-12-18(26-4)19(27-5)13-17(15)20(16)24/h12-14,16H,6-11H2,1-5H3/t16-/m1/s1. The van der Waals surface area contributed by atoms with Crippen LogP contribution in [0.5, 0.6) is 11.5 Å². The molecule has 154 valence electrons. The first-order valence-corrected chi connectivity index (χ1v) is 9.99. The summed E-state index contributed by atoms with van der Waals surface area (Å²) in [6, 6.07) is 3.73. The first-order chi connectivity index (χ1) is 13.2. The van der Waals surface area contributed by atoms with Gasteiger partial charge in [0.25, 0.3) is 0 Å². The van der Waals surface area contributed by atoms with Gasteiger partial charge >= 0.3 is 6.09 Å². The largest absolute Gasteiger partial charge is 0.493 e. The van der Waals surface area contributed by atoms with E-state index in [-0.39, 0.29) is 17.8 Å². The lowest BCUT2D eigenvalue weighted by Crippen LogP contribution is -2.42. The fraction of sp³-hybridized carbons (Fsp3) is 0.636. The molecule has 1 aromatic rings. The molecule has 0 aromatic heterocycles. The molecule has 1 amide bonds. The number of ketones is 1. The summed E-state index contributed by atoms with van der Waals surface area (Å²) in [5.41, 5.74) is 1.32. The Labute approximate surface area is 167 Å². The third-order valence-electron chi connectivity index (χ3n) is 5.60. The summed E-state index contributed by atoms with van der Waals surface area (Å²) in [5, 5.41) is 0. The molecule has 0 unspecified atom stereocenters. The maximum absolute atomic E-state index is 12.9. The Hall–Kier alpha value is -2.24. The van der Waals surface area contributed by atoms with Crippen molar-refractivity contribution in [3.05, 3.63) is 23.3 Å². The number of piperidine rings is 1. The van der Waals surface area contributed by atoms with Gasteiger partial charge in [-0.15, -0.1) is 0 Å². The number of nitrogens with zero attached hydrogens (tertiary/aromatic N) is 1. The average Bonchev–Trinajstić information content (AvgIpc) is 2.94. The SMILES string of the molecule is COc1cc2c(cc1OC)C(=O)[C@H](CC1CCN(C(=O)OC(C)(C)C)CC1)C2. The molecule has 1 saturated heterocycles. The van der Waals surface area contributed by atoms with Crippen LogP contribution >= 0.6 is 0 Å². The molecular formula is C22H31NO5. The molecule has 1 atom stereocenters. The monoisotopic (exact) mass is 389 g/mol. The minimum Gasteiger partial charge on any atom is -0.493 e. The van der Waals surface area contributed by atoms with Crippen molar-refractivity contribution < 1.29 is 23.8 Å². The number of Topliss-reactive ketones (excluding diaryl/α,β-unsaturated/α-hetero) is 1. The van der Waals surface area contributed by atoms with Crippen LogP contribution in [0.4, 0.5) is 4.79 Å². The van der Waals surface area contributed by atoms with Crippen LogP contribution in [-0.4, -0.2) is 49.7 Å². The highest BCUT2D eigenvalue weighted by molar-refractivity contribution is 6.02. The normalized spacial score (nSPS) is 20.1. The van der Waals surface area contributed by atoms with Crippen molar-refractivity contribution in [2.75, 3.05) is 27.3 Å². The van der Waals surface area contributed by atoms with Crippen LogP contribution < -0.4 is 9.47 Å². The molecule has 28 heavy (non-hydrogen) atoms. The lowest BCUT2D eigenvalue weighted by atomic mass is 9.85. The fourth-order valence-corrected chi connectivity index (χ4v) is 4.17. The summed E-state index contributed by atoms with van der Waals surface area (Å²) in [6.45, 7) is 7.02. The Bertz CT molecular complexity index is 744. The zero-order valence-corrected chi connectivity index (χ0v) is 17.5. The van der Waals surface area contributed by atoms with Crippen LogP contribution in [0.1, 0.15) is 56.0 Å². The molecule has 1 aliphatic carbocycles. The minimum atomic E-state index is -0.474. The highest BCUT2D eigenvalue weighted by atomic mass is 16.6. The molecule has 1 aliphatic heterocycles. The van der Waals surface area contributed by atoms with Gasteiger partial charge in [-0.25, -0.2) is 4.79 Å². The van der Waals surface area contributed by atoms with Gasteiger partial charge in [0.2, 0.25) is 0 Å². The van der Waals surface area contributed by atoms with Crippen molar-refractivity contribution in [1.29, 1.82) is 0 Å². The third kappa shape index (κ3) is 4.42. The van der Waals surface area contributed by atoms with Gasteiger partial charge in [-0.2, -0.15) is 0 Å². The predicted octanol–water partition coefficient (Wildman–Crippen LogP) is 4.10. The molecule has 0 N–H and O–H groups in total. The number of hydrogen-bond donors (Lipinski definition) is 0. The highest BCUT2D eigenvalue weighted by Crippen LogP contribution is 2.39. The second-order valence-electron chi connectivity index (χ2n) is 8.78. The molecule has 6 heteroatoms. The van der Waals surface area contributed by atoms with E-state index in [0.29, 0.717) is 30.5 Å². The number of benzene rings is 1. The van der Waals surface area contributed by atoms with E-state index >= 15 is 0 Å². The van der Waals surface area contributed by atoms with E-state index in [9.17, 15) is 9.59 Å². The highest BCUT2D eigenvalue weighted by Gasteiger charge is 2.35. The van der Waals surface area contributed by atoms with Gasteiger partial charge in [0.15, 0.2) is 17.3 Å². The van der Waals surface area contributed by atoms with Crippen LogP contribution in [0.25, 0.3) is 0 Å². The molecule has 2 aliphatic rings. The van der Waals surface area contributed by atoms with Gasteiger partial charge in [0.05, 0.1) is 14.2 Å². The first-order valence-electron chi connectivity index (χ1n) is 9.99. The van der Waals surface area contributed by atoms with Gasteiger partial charge in [-0.05, 0) is 70.1 Å². The molecule has 0 radical (unpaired) electrons. The Morgan fingerprint density at radius 1 is 1.11 bits per heavy atom. The van der Waals surface area contributed by atoms with Crippen molar-refractivity contribution in [1.82, 2.24) is 4.90 Å². The van der Waals surface area contributed by atoms with Gasteiger partial charge in [0.1, 0.15) is 5.60 Å². The van der Waals surface area contributed by atoms with Crippen LogP contribution in [0.15, 0.2) is 12.1 Å². The Kier molecular flexibility index (Phi) is 5.87. The second-order valence-corrected chi connectivity index (χ2v) is 8.78. The van der Waals surface area contributed by atoms with Crippen LogP contribution in [0.3, 0.4) is 0 Å². The van der Waals surface area contributed by atoms with Gasteiger partial charge in [0, 0.05) is 24.6 Å². The number of hydrogen-bond acceptors (Lipinski definition) is 5. The first kappa shape index (κ1) is 20.5. The Balaban J connectivity index is 1.57. The Morgan fingerprint density at radius 2 is 1.71 bits per heavy atom. The van der Waals surface area contributed by atoms with Crippen molar-refractivity contribution in [3.8, 4) is 11.5 Å². The summed E-state index contributed by atoms with van der Waals surface area (Å²) in [5.74, 6) is 1.92. The molecule has 0 saturated carbocycles. The molecule has 1 fully saturated rings. The number of likely N-dealkylation sites (tertiary alicyclic amines) is 1. The molecule has 0 spiro atoms. The summed E-state index contributed by atoms with van der Waals surface area (Å²) < 4.78 is 16.2. The average molecular weight is 389 g/mol. The lowest BCUT2D eigenvalue weighted by molar-refractivity contribution is 0.0175. The molecule has 1 aromatic carbocycles. The van der Waals surface area contributed by atoms with Crippen LogP contribution in [0, 0.1) is 11.8 Å². The lowest BCUT2D eigenvalue weighted by Gasteiger charge is -2.34. The number of fused-ring (bicyclic) bond motifs is 1. The van der Waals surface area contributed by atoms with Crippen molar-refractivity contribution in [2.24, 2.45) is 11.8 Å². The van der Waals surface area contributed by atoms with Crippen molar-refractivity contribution >= 4 is 11.9 Å². The summed E-state index contributed by atoms with van der Waals surface area (Å²) in [4.78, 5) is 26.9. The maximum atomic E-state index is 12.9. The van der Waals surface area contributed by atoms with E-state index in [2.05, 4.69) is 0 Å². The maximum Gasteiger partial charge on any atom is 0.410 e. The van der Waals surface area contributed by atoms with E-state index in [0.717, 1.165) is 36.8 Å². The summed E-state index contributed by atoms with van der Waals surface area (Å²) in [6.07, 6.45) is 3.19. The summed E-state index contributed by atoms with van der Waals surface area (Å²) >= 11 is 0. The molecule has 1 heterocycles. The molecule has 0 bridgehead atoms. The quantitative estimate of drug-likeness (QED) is 0.776. The predicted molar refractivity (Wildman–Crippen MR) is 106 cm³/mol. The van der Waals surface area contributed by atoms with E-state index in [1.54, 1.807) is 19.1 Å². The van der Waals surface area contributed by atoms with E-state index in [1.807, 2.05) is 32.9 Å². The number of ether oxygens (including phenoxy) is 3. The van der Waals surface area contributed by atoms with E-state index in [4.69, 9.17) is 14.2 Å². The fourth-order valence-electron chi connectivity index (χ4n) is 4.17. The number of carbonyl (C=O) groups is 2. The van der Waals surface area contributed by atoms with E-state index in [1.165, 1.54) is 0 Å². The van der Waals surface area contributed by atoms with Crippen molar-refractivity contribution in [3.63, 3.8) is 0 Å².